The molecule has 32 heavy (non-hydrogen) atoms. The highest BCUT2D eigenvalue weighted by atomic mass is 16.6. The average molecular weight is 445 g/mol. The van der Waals surface area contributed by atoms with Gasteiger partial charge in [0.05, 0.1) is 6.10 Å². The molecule has 1 aromatic carbocycles. The van der Waals surface area contributed by atoms with Crippen LogP contribution in [-0.4, -0.2) is 54.5 Å². The van der Waals surface area contributed by atoms with Gasteiger partial charge in [0.2, 0.25) is 0 Å². The minimum Gasteiger partial charge on any atom is -0.508 e. The normalized spacial score (nSPS) is 37.0. The number of carbonyl (C=O) groups excluding carboxylic acids is 2. The number of aromatic hydroxyl groups is 2. The maximum atomic E-state index is 13.0. The number of hydrogen-bond donors (Lipinski definition) is 2. The van der Waals surface area contributed by atoms with E-state index in [4.69, 9.17) is 14.2 Å². The van der Waals surface area contributed by atoms with Crippen molar-refractivity contribution in [2.45, 2.75) is 58.3 Å². The number of phenols is 2. The van der Waals surface area contributed by atoms with E-state index in [1.165, 1.54) is 6.07 Å². The van der Waals surface area contributed by atoms with E-state index in [2.05, 4.69) is 20.8 Å². The standard InChI is InChI=1S/C25H32O7/c1-13-7-16(27)9-17(28)19(13)22(29)32-18-11-24(4)20-14(10-23(2,3)21(20)30-5)8-15(12-26)25(18,24)31-6/h7-9,12,14,18,20-21,27-28H,10-11H2,1-6H3. The Morgan fingerprint density at radius 2 is 1.84 bits per heavy atom. The van der Waals surface area contributed by atoms with Crippen LogP contribution in [0.3, 0.4) is 0 Å². The van der Waals surface area contributed by atoms with Gasteiger partial charge >= 0.3 is 5.97 Å². The number of methoxy groups -OCH3 is 2. The first-order valence-electron chi connectivity index (χ1n) is 11.0. The number of fused-ring (bicyclic) bond motifs is 3. The van der Waals surface area contributed by atoms with Crippen LogP contribution < -0.4 is 0 Å². The number of rotatable bonds is 5. The van der Waals surface area contributed by atoms with Gasteiger partial charge in [-0.1, -0.05) is 26.8 Å². The van der Waals surface area contributed by atoms with E-state index >= 15 is 0 Å². The highest BCUT2D eigenvalue weighted by molar-refractivity contribution is 5.94. The highest BCUT2D eigenvalue weighted by Crippen LogP contribution is 2.70. The third-order valence-corrected chi connectivity index (χ3v) is 8.24. The molecule has 2 fully saturated rings. The Balaban J connectivity index is 1.73. The van der Waals surface area contributed by atoms with Gasteiger partial charge in [-0.15, -0.1) is 0 Å². The van der Waals surface area contributed by atoms with Crippen molar-refractivity contribution in [3.8, 4) is 11.5 Å². The minimum atomic E-state index is -1.09. The molecule has 2 N–H and O–H groups in total. The summed E-state index contributed by atoms with van der Waals surface area (Å²) in [6, 6.07) is 2.49. The molecular formula is C25H32O7. The van der Waals surface area contributed by atoms with E-state index in [-0.39, 0.29) is 40.4 Å². The van der Waals surface area contributed by atoms with E-state index in [0.717, 1.165) is 18.8 Å². The van der Waals surface area contributed by atoms with Gasteiger partial charge in [-0.3, -0.25) is 4.79 Å². The molecule has 0 radical (unpaired) electrons. The Hall–Kier alpha value is -2.38. The summed E-state index contributed by atoms with van der Waals surface area (Å²) >= 11 is 0. The summed E-state index contributed by atoms with van der Waals surface area (Å²) in [6.45, 7) is 8.06. The predicted molar refractivity (Wildman–Crippen MR) is 116 cm³/mol. The average Bonchev–Trinajstić information content (AvgIpc) is 2.95. The van der Waals surface area contributed by atoms with Gasteiger partial charge in [0.15, 0.2) is 0 Å². The Morgan fingerprint density at radius 1 is 1.16 bits per heavy atom. The smallest absolute Gasteiger partial charge is 0.342 e. The number of aldehydes is 1. The molecule has 3 aliphatic rings. The topological polar surface area (TPSA) is 102 Å². The molecule has 0 bridgehead atoms. The molecule has 7 nitrogen and oxygen atoms in total. The van der Waals surface area contributed by atoms with Crippen LogP contribution in [0.25, 0.3) is 0 Å². The fourth-order valence-electron chi connectivity index (χ4n) is 7.10. The predicted octanol–water partition coefficient (Wildman–Crippen LogP) is 3.54. The van der Waals surface area contributed by atoms with E-state index in [1.807, 2.05) is 6.08 Å². The van der Waals surface area contributed by atoms with E-state index < -0.39 is 23.1 Å². The summed E-state index contributed by atoms with van der Waals surface area (Å²) in [5.74, 6) is -0.938. The van der Waals surface area contributed by atoms with Gasteiger partial charge in [0.1, 0.15) is 35.1 Å². The number of ether oxygens (including phenoxy) is 3. The van der Waals surface area contributed by atoms with Crippen LogP contribution in [0.2, 0.25) is 0 Å². The zero-order valence-electron chi connectivity index (χ0n) is 19.5. The molecule has 6 unspecified atom stereocenters. The van der Waals surface area contributed by atoms with Crippen molar-refractivity contribution < 1.29 is 34.0 Å². The molecule has 0 aliphatic heterocycles. The molecule has 3 aliphatic carbocycles. The van der Waals surface area contributed by atoms with E-state index in [1.54, 1.807) is 21.1 Å². The van der Waals surface area contributed by atoms with Gasteiger partial charge in [-0.25, -0.2) is 4.79 Å². The zero-order chi connectivity index (χ0) is 23.6. The van der Waals surface area contributed by atoms with Crippen LogP contribution in [-0.2, 0) is 19.0 Å². The third kappa shape index (κ3) is 2.80. The van der Waals surface area contributed by atoms with Crippen LogP contribution in [0.1, 0.15) is 49.5 Å². The lowest BCUT2D eigenvalue weighted by atomic mass is 9.43. The van der Waals surface area contributed by atoms with Gasteiger partial charge in [-0.2, -0.15) is 0 Å². The fourth-order valence-corrected chi connectivity index (χ4v) is 7.10. The van der Waals surface area contributed by atoms with Crippen molar-refractivity contribution in [1.29, 1.82) is 0 Å². The maximum absolute atomic E-state index is 13.0. The van der Waals surface area contributed by atoms with Crippen LogP contribution in [0.15, 0.2) is 23.8 Å². The summed E-state index contributed by atoms with van der Waals surface area (Å²) in [6.07, 6.45) is 3.47. The number of carbonyl (C=O) groups is 2. The second-order valence-corrected chi connectivity index (χ2v) is 10.4. The van der Waals surface area contributed by atoms with Crippen LogP contribution in [0, 0.1) is 29.6 Å². The fraction of sp³-hybridized carbons (Fsp3) is 0.600. The molecular weight excluding hydrogens is 412 g/mol. The number of benzene rings is 1. The van der Waals surface area contributed by atoms with Gasteiger partial charge in [-0.05, 0) is 42.7 Å². The van der Waals surface area contributed by atoms with Crippen molar-refractivity contribution >= 4 is 12.3 Å². The van der Waals surface area contributed by atoms with Crippen LogP contribution in [0.5, 0.6) is 11.5 Å². The van der Waals surface area contributed by atoms with Gasteiger partial charge in [0.25, 0.3) is 0 Å². The molecule has 6 atom stereocenters. The number of aryl methyl sites for hydroxylation is 1. The number of phenolic OH excluding ortho intramolecular Hbond substituents is 2. The first-order valence-corrected chi connectivity index (χ1v) is 11.0. The Labute approximate surface area is 188 Å². The highest BCUT2D eigenvalue weighted by Gasteiger charge is 2.75. The third-order valence-electron chi connectivity index (χ3n) is 8.24. The Kier molecular flexibility index (Phi) is 5.21. The molecule has 1 aromatic rings. The second-order valence-electron chi connectivity index (χ2n) is 10.4. The van der Waals surface area contributed by atoms with E-state index in [0.29, 0.717) is 17.6 Å². The van der Waals surface area contributed by atoms with Crippen molar-refractivity contribution in [1.82, 2.24) is 0 Å². The number of hydrogen-bond acceptors (Lipinski definition) is 7. The quantitative estimate of drug-likeness (QED) is 0.529. The molecule has 0 heterocycles. The SMILES string of the molecule is COC1C2C(C=C(C=O)C3(OC)C(OC(=O)c4c(C)cc(O)cc4O)CC23C)CC1(C)C. The first kappa shape index (κ1) is 22.8. The number of esters is 1. The lowest BCUT2D eigenvalue weighted by Gasteiger charge is -2.66. The molecule has 4 rings (SSSR count). The second kappa shape index (κ2) is 7.32. The summed E-state index contributed by atoms with van der Waals surface area (Å²) in [4.78, 5) is 25.2. The molecule has 174 valence electrons. The monoisotopic (exact) mass is 444 g/mol. The molecule has 0 amide bonds. The number of allylic oxidation sites excluding steroid dienone is 1. The van der Waals surface area contributed by atoms with Crippen LogP contribution >= 0.6 is 0 Å². The lowest BCUT2D eigenvalue weighted by Crippen LogP contribution is -2.74. The van der Waals surface area contributed by atoms with Crippen LogP contribution in [0.4, 0.5) is 0 Å². The Bertz CT molecular complexity index is 973. The molecule has 7 heteroatoms. The molecule has 0 spiro atoms. The van der Waals surface area contributed by atoms with Gasteiger partial charge < -0.3 is 24.4 Å². The Morgan fingerprint density at radius 3 is 2.41 bits per heavy atom. The lowest BCUT2D eigenvalue weighted by molar-refractivity contribution is -0.270. The molecule has 0 saturated heterocycles. The van der Waals surface area contributed by atoms with Gasteiger partial charge in [0, 0.05) is 37.2 Å². The molecule has 2 saturated carbocycles. The zero-order valence-corrected chi connectivity index (χ0v) is 19.5. The maximum Gasteiger partial charge on any atom is 0.342 e. The summed E-state index contributed by atoms with van der Waals surface area (Å²) in [5.41, 5.74) is -0.755. The van der Waals surface area contributed by atoms with Crippen molar-refractivity contribution in [3.63, 3.8) is 0 Å². The summed E-state index contributed by atoms with van der Waals surface area (Å²) in [7, 11) is 3.26. The molecule has 0 aromatic heterocycles. The van der Waals surface area contributed by atoms with Crippen molar-refractivity contribution in [3.05, 3.63) is 34.9 Å². The minimum absolute atomic E-state index is 0.00950. The van der Waals surface area contributed by atoms with E-state index in [9.17, 15) is 19.8 Å². The van der Waals surface area contributed by atoms with Crippen molar-refractivity contribution in [2.75, 3.05) is 14.2 Å². The largest absolute Gasteiger partial charge is 0.508 e. The first-order chi connectivity index (χ1) is 15.0. The van der Waals surface area contributed by atoms with Crippen molar-refractivity contribution in [2.24, 2.45) is 22.7 Å². The summed E-state index contributed by atoms with van der Waals surface area (Å²) < 4.78 is 17.9. The summed E-state index contributed by atoms with van der Waals surface area (Å²) in [5, 5.41) is 19.9.